The molecular formula is C31H50O5. The van der Waals surface area contributed by atoms with E-state index in [2.05, 4.69) is 47.6 Å². The van der Waals surface area contributed by atoms with E-state index in [0.29, 0.717) is 24.7 Å². The number of allylic oxidation sites excluding steroid dienone is 1. The van der Waals surface area contributed by atoms with E-state index >= 15 is 0 Å². The van der Waals surface area contributed by atoms with Gasteiger partial charge < -0.3 is 20.1 Å². The zero-order valence-corrected chi connectivity index (χ0v) is 23.9. The second-order valence-electron chi connectivity index (χ2n) is 15.3. The van der Waals surface area contributed by atoms with Crippen molar-refractivity contribution in [1.29, 1.82) is 0 Å². The summed E-state index contributed by atoms with van der Waals surface area (Å²) in [5, 5.41) is 33.8. The van der Waals surface area contributed by atoms with Crippen LogP contribution in [-0.4, -0.2) is 46.7 Å². The summed E-state index contributed by atoms with van der Waals surface area (Å²) < 4.78 is 5.19. The smallest absolute Gasteiger partial charge is 0.314 e. The summed E-state index contributed by atoms with van der Waals surface area (Å²) in [5.41, 5.74) is 0.0334. The van der Waals surface area contributed by atoms with Crippen LogP contribution in [0, 0.1) is 50.2 Å². The van der Waals surface area contributed by atoms with Crippen LogP contribution in [0.5, 0.6) is 0 Å². The zero-order valence-electron chi connectivity index (χ0n) is 23.9. The third-order valence-corrected chi connectivity index (χ3v) is 13.6. The normalized spacial score (nSPS) is 55.8. The molecule has 11 unspecified atom stereocenters. The molecule has 0 aromatic heterocycles. The molecule has 5 aliphatic carbocycles. The molecule has 0 heterocycles. The van der Waals surface area contributed by atoms with Gasteiger partial charge in [-0.05, 0) is 97.2 Å². The molecule has 0 aromatic rings. The van der Waals surface area contributed by atoms with Gasteiger partial charge >= 0.3 is 5.97 Å². The van der Waals surface area contributed by atoms with Gasteiger partial charge in [-0.25, -0.2) is 0 Å². The number of esters is 1. The van der Waals surface area contributed by atoms with E-state index < -0.39 is 23.7 Å². The summed E-state index contributed by atoms with van der Waals surface area (Å²) in [6.07, 6.45) is 7.74. The molecule has 5 heteroatoms. The van der Waals surface area contributed by atoms with E-state index in [4.69, 9.17) is 4.74 Å². The van der Waals surface area contributed by atoms with Crippen molar-refractivity contribution >= 4 is 5.97 Å². The molecule has 0 saturated heterocycles. The summed E-state index contributed by atoms with van der Waals surface area (Å²) in [6, 6.07) is 0. The van der Waals surface area contributed by atoms with Gasteiger partial charge in [0.25, 0.3) is 0 Å². The molecule has 3 N–H and O–H groups in total. The summed E-state index contributed by atoms with van der Waals surface area (Å²) in [6.45, 7) is 15.8. The third-order valence-electron chi connectivity index (χ3n) is 13.6. The SMILES string of the molecule is COC(=O)C1(C)CCC2(C)CCC3(C)C(=CCC4C5(C)CC(O)C(O)C(C)(C)C5CCC43C)C2C1O. The van der Waals surface area contributed by atoms with Gasteiger partial charge in [0, 0.05) is 5.92 Å². The van der Waals surface area contributed by atoms with E-state index in [0.717, 1.165) is 38.5 Å². The average molecular weight is 503 g/mol. The molecule has 36 heavy (non-hydrogen) atoms. The first-order chi connectivity index (χ1) is 16.5. The Kier molecular flexibility index (Phi) is 5.80. The Bertz CT molecular complexity index is 972. The maximum absolute atomic E-state index is 12.9. The van der Waals surface area contributed by atoms with E-state index in [-0.39, 0.29) is 39.0 Å². The number of methoxy groups -OCH3 is 1. The number of fused-ring (bicyclic) bond motifs is 7. The maximum Gasteiger partial charge on any atom is 0.314 e. The van der Waals surface area contributed by atoms with Gasteiger partial charge in [-0.2, -0.15) is 0 Å². The molecule has 0 aliphatic heterocycles. The Hall–Kier alpha value is -0.910. The van der Waals surface area contributed by atoms with Gasteiger partial charge in [0.05, 0.1) is 30.8 Å². The number of rotatable bonds is 1. The molecule has 204 valence electrons. The van der Waals surface area contributed by atoms with Crippen molar-refractivity contribution in [2.24, 2.45) is 50.2 Å². The molecule has 5 aliphatic rings. The number of hydrogen-bond acceptors (Lipinski definition) is 5. The minimum absolute atomic E-state index is 0.0181. The highest BCUT2D eigenvalue weighted by Gasteiger charge is 2.70. The Morgan fingerprint density at radius 2 is 1.53 bits per heavy atom. The van der Waals surface area contributed by atoms with Crippen LogP contribution >= 0.6 is 0 Å². The minimum Gasteiger partial charge on any atom is -0.469 e. The predicted molar refractivity (Wildman–Crippen MR) is 140 cm³/mol. The summed E-state index contributed by atoms with van der Waals surface area (Å²) in [5.74, 6) is 0.412. The van der Waals surface area contributed by atoms with Gasteiger partial charge in [-0.3, -0.25) is 4.79 Å². The summed E-state index contributed by atoms with van der Waals surface area (Å²) >= 11 is 0. The third kappa shape index (κ3) is 3.03. The molecule has 0 spiro atoms. The molecular weight excluding hydrogens is 452 g/mol. The van der Waals surface area contributed by atoms with Crippen LogP contribution in [0.2, 0.25) is 0 Å². The molecule has 0 bridgehead atoms. The Morgan fingerprint density at radius 1 is 0.889 bits per heavy atom. The lowest BCUT2D eigenvalue weighted by atomic mass is 9.33. The van der Waals surface area contributed by atoms with Crippen molar-refractivity contribution < 1.29 is 24.9 Å². The first-order valence-electron chi connectivity index (χ1n) is 14.4. The molecule has 0 amide bonds. The molecule has 11 atom stereocenters. The molecule has 4 saturated carbocycles. The fourth-order valence-electron chi connectivity index (χ4n) is 11.0. The topological polar surface area (TPSA) is 87.0 Å². The van der Waals surface area contributed by atoms with Crippen molar-refractivity contribution in [2.45, 2.75) is 118 Å². The number of ether oxygens (including phenoxy) is 1. The van der Waals surface area contributed by atoms with E-state index in [1.54, 1.807) is 0 Å². The quantitative estimate of drug-likeness (QED) is 0.336. The first-order valence-corrected chi connectivity index (χ1v) is 14.4. The highest BCUT2D eigenvalue weighted by atomic mass is 16.5. The standard InChI is InChI=1S/C31H50O5/c1-26(2)20-11-12-31(7)21(29(20,5)17-19(32)23(26)33)10-9-18-22-24(34)28(4,25(35)36-8)15-13-27(22,3)14-16-30(18,31)6/h9,19-24,32-34H,10-17H2,1-8H3. The van der Waals surface area contributed by atoms with Gasteiger partial charge in [-0.1, -0.05) is 53.2 Å². The van der Waals surface area contributed by atoms with Crippen LogP contribution in [0.3, 0.4) is 0 Å². The van der Waals surface area contributed by atoms with Crippen LogP contribution in [-0.2, 0) is 9.53 Å². The van der Waals surface area contributed by atoms with Crippen LogP contribution < -0.4 is 0 Å². The average Bonchev–Trinajstić information content (AvgIpc) is 2.80. The summed E-state index contributed by atoms with van der Waals surface area (Å²) in [7, 11) is 1.43. The van der Waals surface area contributed by atoms with Crippen molar-refractivity contribution in [3.05, 3.63) is 11.6 Å². The van der Waals surface area contributed by atoms with Crippen molar-refractivity contribution in [3.8, 4) is 0 Å². The lowest BCUT2D eigenvalue weighted by molar-refractivity contribution is -0.234. The second kappa shape index (κ2) is 7.82. The molecule has 0 radical (unpaired) electrons. The van der Waals surface area contributed by atoms with Crippen molar-refractivity contribution in [3.63, 3.8) is 0 Å². The van der Waals surface area contributed by atoms with E-state index in [9.17, 15) is 20.1 Å². The van der Waals surface area contributed by atoms with E-state index in [1.165, 1.54) is 12.7 Å². The van der Waals surface area contributed by atoms with Crippen LogP contribution in [0.25, 0.3) is 0 Å². The molecule has 5 rings (SSSR count). The fourth-order valence-corrected chi connectivity index (χ4v) is 11.0. The molecule has 4 fully saturated rings. The van der Waals surface area contributed by atoms with Gasteiger partial charge in [0.2, 0.25) is 0 Å². The zero-order chi connectivity index (χ0) is 26.7. The Balaban J connectivity index is 1.60. The number of hydrogen-bond donors (Lipinski definition) is 3. The fraction of sp³-hybridized carbons (Fsp3) is 0.903. The summed E-state index contributed by atoms with van der Waals surface area (Å²) in [4.78, 5) is 12.9. The van der Waals surface area contributed by atoms with Crippen LogP contribution in [0.15, 0.2) is 11.6 Å². The lowest BCUT2D eigenvalue weighted by Crippen LogP contribution is -2.67. The van der Waals surface area contributed by atoms with Gasteiger partial charge in [0.15, 0.2) is 0 Å². The van der Waals surface area contributed by atoms with Crippen molar-refractivity contribution in [1.82, 2.24) is 0 Å². The number of aliphatic hydroxyl groups is 3. The minimum atomic E-state index is -0.882. The second-order valence-corrected chi connectivity index (χ2v) is 15.3. The molecule has 0 aromatic carbocycles. The van der Waals surface area contributed by atoms with Gasteiger partial charge in [-0.15, -0.1) is 0 Å². The highest BCUT2D eigenvalue weighted by molar-refractivity contribution is 5.77. The predicted octanol–water partition coefficient (Wildman–Crippen LogP) is 5.26. The Labute approximate surface area is 218 Å². The Morgan fingerprint density at radius 3 is 2.17 bits per heavy atom. The van der Waals surface area contributed by atoms with Gasteiger partial charge in [0.1, 0.15) is 0 Å². The lowest BCUT2D eigenvalue weighted by Gasteiger charge is -2.72. The van der Waals surface area contributed by atoms with E-state index in [1.807, 2.05) is 6.92 Å². The highest BCUT2D eigenvalue weighted by Crippen LogP contribution is 2.75. The van der Waals surface area contributed by atoms with Crippen molar-refractivity contribution in [2.75, 3.05) is 7.11 Å². The van der Waals surface area contributed by atoms with Crippen LogP contribution in [0.4, 0.5) is 0 Å². The largest absolute Gasteiger partial charge is 0.469 e. The van der Waals surface area contributed by atoms with Crippen LogP contribution in [0.1, 0.15) is 99.8 Å². The number of aliphatic hydroxyl groups excluding tert-OH is 3. The number of carbonyl (C=O) groups excluding carboxylic acids is 1. The maximum atomic E-state index is 12.9. The molecule has 5 nitrogen and oxygen atoms in total. The number of carbonyl (C=O) groups is 1. The monoisotopic (exact) mass is 502 g/mol. The first kappa shape index (κ1) is 26.7.